The molecule has 0 atom stereocenters. The molecule has 28 heteroatoms. The SMILES string of the molecule is CC(C)(C)/C=C(\C#N)C(=O)O.CC(C)(C)C(=O)O.CC(C)(C)C=C(C(=O)O)C(=O)O.CC(C)(C)P(=O)(O)O.CC(C)(C)[Si](O)(O)O.CC(C)(C)c1c(O)c(=O)c1=O.CCOP(=O)(OCC)C(C)(C)C.CCO[Si](OCC)(OCC)C(C)(C)C. The van der Waals surface area contributed by atoms with Crippen LogP contribution < -0.4 is 10.9 Å². The molecule has 490 valence electrons. The Bertz CT molecular complexity index is 2330. The predicted octanol–water partition coefficient (Wildman–Crippen LogP) is 10.6. The number of allylic oxidation sites excluding steroid dienone is 2. The van der Waals surface area contributed by atoms with Crippen molar-refractivity contribution >= 4 is 56.7 Å². The van der Waals surface area contributed by atoms with Crippen LogP contribution in [0.4, 0.5) is 0 Å². The van der Waals surface area contributed by atoms with Crippen molar-refractivity contribution in [3.05, 3.63) is 49.3 Å². The molecule has 0 saturated heterocycles. The van der Waals surface area contributed by atoms with E-state index in [2.05, 4.69) is 20.8 Å². The summed E-state index contributed by atoms with van der Waals surface area (Å²) in [5.41, 5.74) is -3.53. The zero-order valence-corrected chi connectivity index (χ0v) is 59.1. The van der Waals surface area contributed by atoms with Crippen molar-refractivity contribution in [2.45, 2.75) is 227 Å². The van der Waals surface area contributed by atoms with Gasteiger partial charge in [-0.25, -0.2) is 14.4 Å². The summed E-state index contributed by atoms with van der Waals surface area (Å²) in [4.78, 5) is 105. The Morgan fingerprint density at radius 2 is 0.819 bits per heavy atom. The summed E-state index contributed by atoms with van der Waals surface area (Å²) in [6.45, 7) is 54.6. The monoisotopic (exact) mass is 1270 g/mol. The Morgan fingerprint density at radius 3 is 0.916 bits per heavy atom. The molecule has 24 nitrogen and oxygen atoms in total. The molecule has 0 bridgehead atoms. The number of hydrogen-bond acceptors (Lipinski definition) is 18. The first-order chi connectivity index (χ1) is 36.2. The molecule has 0 radical (unpaired) electrons. The fraction of sp³-hybridized carbons (Fsp3) is 0.764. The van der Waals surface area contributed by atoms with Gasteiger partial charge in [0.25, 0.3) is 5.43 Å². The molecule has 0 aliphatic carbocycles. The summed E-state index contributed by atoms with van der Waals surface area (Å²) < 4.78 is 50.0. The molecule has 83 heavy (non-hydrogen) atoms. The highest BCUT2D eigenvalue weighted by molar-refractivity contribution is 7.55. The lowest BCUT2D eigenvalue weighted by atomic mass is 9.83. The summed E-state index contributed by atoms with van der Waals surface area (Å²) in [5, 5.41) is 48.8. The summed E-state index contributed by atoms with van der Waals surface area (Å²) >= 11 is 0. The number of rotatable bonds is 13. The second-order valence-corrected chi connectivity index (χ2v) is 37.8. The van der Waals surface area contributed by atoms with Crippen LogP contribution in [-0.2, 0) is 56.0 Å². The number of carboxylic acids is 4. The standard InChI is InChI=1S/C10H24O3Si.C8H11NO2.C8H12O4.C8H19O3P.C8H10O3.C5H10O2.C4H11O3P.C4H12O3Si/c1-7-11-14(12-8-2,13-9-3)10(4,5)6;1-8(2,3)4-6(5-9)7(10)11;1-8(2,3)4-5(6(9)10)7(11)12;1-6-10-12(9,11-7-2)8(3,4)5;1-8(2,3)4-5(9)7(11)6(4)10;1-5(2,3)4(6)7;2*1-4(2,3)8(5,6)7/h7-9H2,1-6H3;4H,1-3H3,(H,10,11);4H,1-3H3,(H,9,10)(H,11,12);6-7H2,1-5H3;9H,1-3H3;1-3H3,(H,6,7);1-3H3,(H2,5,6,7);5-7H,1-3H3/b;6-4+;;;;;;. The molecule has 10 N–H and O–H groups in total. The molecule has 0 aromatic heterocycles. The number of nitrogens with zero attached hydrogens (tertiary/aromatic N) is 1. The Morgan fingerprint density at radius 1 is 0.530 bits per heavy atom. The summed E-state index contributed by atoms with van der Waals surface area (Å²) in [7, 11) is -13.1. The molecule has 0 amide bonds. The van der Waals surface area contributed by atoms with Crippen LogP contribution in [0.2, 0.25) is 10.1 Å². The molecule has 1 aromatic carbocycles. The molecule has 0 fully saturated rings. The molecule has 1 rings (SSSR count). The third kappa shape index (κ3) is 41.8. The average Bonchev–Trinajstić information content (AvgIpc) is 3.23. The quantitative estimate of drug-likeness (QED) is 0.0167. The number of carbonyl (C=O) groups is 4. The molecule has 0 spiro atoms. The van der Waals surface area contributed by atoms with Gasteiger partial charge < -0.3 is 72.0 Å². The molecule has 0 aliphatic rings. The van der Waals surface area contributed by atoms with Gasteiger partial charge in [0.05, 0.1) is 34.5 Å². The lowest BCUT2D eigenvalue weighted by Crippen LogP contribution is -2.53. The maximum absolute atomic E-state index is 12.0. The minimum Gasteiger partial charge on any atom is -0.504 e. The number of hydrogen-bond donors (Lipinski definition) is 10. The van der Waals surface area contributed by atoms with Gasteiger partial charge in [0.1, 0.15) is 17.2 Å². The van der Waals surface area contributed by atoms with Crippen LogP contribution in [0.15, 0.2) is 32.9 Å². The van der Waals surface area contributed by atoms with Crippen LogP contribution in [-0.4, -0.2) is 135 Å². The van der Waals surface area contributed by atoms with E-state index in [-0.39, 0.29) is 27.3 Å². The Balaban J connectivity index is -0.000000160. The van der Waals surface area contributed by atoms with Crippen molar-refractivity contribution in [1.29, 1.82) is 5.26 Å². The molecular weight excluding hydrogens is 1160 g/mol. The van der Waals surface area contributed by atoms with Gasteiger partial charge in [-0.1, -0.05) is 116 Å². The fourth-order valence-corrected chi connectivity index (χ4v) is 8.63. The Labute approximate surface area is 497 Å². The largest absolute Gasteiger partial charge is 0.506 e. The van der Waals surface area contributed by atoms with Crippen LogP contribution in [0, 0.1) is 27.6 Å². The second kappa shape index (κ2) is 37.7. The zero-order valence-electron chi connectivity index (χ0n) is 55.3. The molecule has 0 heterocycles. The van der Waals surface area contributed by atoms with Crippen LogP contribution in [0.1, 0.15) is 206 Å². The lowest BCUT2D eigenvalue weighted by Gasteiger charge is -2.38. The highest BCUT2D eigenvalue weighted by Gasteiger charge is 2.52. The van der Waals surface area contributed by atoms with Gasteiger partial charge in [-0.05, 0) is 113 Å². The first kappa shape index (κ1) is 92.9. The smallest absolute Gasteiger partial charge is 0.504 e. The summed E-state index contributed by atoms with van der Waals surface area (Å²) in [5.74, 6) is -5.09. The minimum absolute atomic E-state index is 0.0605. The van der Waals surface area contributed by atoms with E-state index >= 15 is 0 Å². The zero-order chi connectivity index (χ0) is 69.0. The normalized spacial score (nSPS) is 12.7. The Hall–Kier alpha value is -3.78. The van der Waals surface area contributed by atoms with Crippen molar-refractivity contribution in [2.75, 3.05) is 33.0 Å². The fourth-order valence-electron chi connectivity index (χ4n) is 4.41. The van der Waals surface area contributed by atoms with Crippen LogP contribution in [0.3, 0.4) is 0 Å². The van der Waals surface area contributed by atoms with Crippen LogP contribution >= 0.6 is 15.2 Å². The number of aliphatic carboxylic acids is 4. The average molecular weight is 1270 g/mol. The number of nitriles is 1. The summed E-state index contributed by atoms with van der Waals surface area (Å²) in [6.07, 6.45) is 2.66. The molecule has 0 saturated carbocycles. The van der Waals surface area contributed by atoms with E-state index in [1.165, 1.54) is 32.9 Å². The first-order valence-corrected chi connectivity index (χ1v) is 33.3. The molecule has 0 unspecified atom stereocenters. The van der Waals surface area contributed by atoms with Crippen LogP contribution in [0.25, 0.3) is 0 Å². The van der Waals surface area contributed by atoms with Crippen molar-refractivity contribution in [3.63, 3.8) is 0 Å². The van der Waals surface area contributed by atoms with Gasteiger partial charge >= 0.3 is 56.7 Å². The molecule has 1 aromatic rings. The molecular formula is C55H109NO23P2Si2. The maximum Gasteiger partial charge on any atom is 0.506 e. The third-order valence-corrected chi connectivity index (χ3v) is 19.9. The highest BCUT2D eigenvalue weighted by atomic mass is 31.2. The van der Waals surface area contributed by atoms with Crippen molar-refractivity contribution in [1.82, 2.24) is 0 Å². The van der Waals surface area contributed by atoms with E-state index < -0.39 is 105 Å². The topological polar surface area (TPSA) is 409 Å². The van der Waals surface area contributed by atoms with E-state index in [1.54, 1.807) is 89.2 Å². The van der Waals surface area contributed by atoms with Crippen molar-refractivity contribution in [2.24, 2.45) is 16.2 Å². The van der Waals surface area contributed by atoms with Crippen LogP contribution in [0.5, 0.6) is 5.75 Å². The van der Waals surface area contributed by atoms with E-state index in [1.807, 2.05) is 76.2 Å². The van der Waals surface area contributed by atoms with Crippen molar-refractivity contribution in [3.8, 4) is 11.8 Å². The second-order valence-electron chi connectivity index (χ2n) is 26.3. The highest BCUT2D eigenvalue weighted by Crippen LogP contribution is 2.59. The molecule has 0 aliphatic heterocycles. The van der Waals surface area contributed by atoms with Gasteiger partial charge in [0, 0.05) is 29.9 Å². The predicted molar refractivity (Wildman–Crippen MR) is 327 cm³/mol. The van der Waals surface area contributed by atoms with Gasteiger partial charge in [-0.15, -0.1) is 0 Å². The van der Waals surface area contributed by atoms with Gasteiger partial charge in [0.2, 0.25) is 5.43 Å². The van der Waals surface area contributed by atoms with E-state index in [9.17, 15) is 37.9 Å². The van der Waals surface area contributed by atoms with Gasteiger partial charge in [-0.2, -0.15) is 5.26 Å². The van der Waals surface area contributed by atoms with E-state index in [0.717, 1.165) is 0 Å². The van der Waals surface area contributed by atoms with E-state index in [4.69, 9.17) is 77.3 Å². The first-order valence-electron chi connectivity index (χ1n) is 26.6. The van der Waals surface area contributed by atoms with Gasteiger partial charge in [0.15, 0.2) is 5.75 Å². The Kier molecular flexibility index (Phi) is 42.2. The maximum atomic E-state index is 12.0. The van der Waals surface area contributed by atoms with Crippen molar-refractivity contribution < 1.29 is 100 Å². The third-order valence-electron chi connectivity index (χ3n) is 9.46. The minimum atomic E-state index is -3.86. The number of carboxylic acid groups (broad SMARTS) is 4. The summed E-state index contributed by atoms with van der Waals surface area (Å²) in [6, 6.07) is 1.62. The van der Waals surface area contributed by atoms with Gasteiger partial charge in [-0.3, -0.25) is 23.5 Å². The van der Waals surface area contributed by atoms with E-state index in [0.29, 0.717) is 33.0 Å². The lowest BCUT2D eigenvalue weighted by molar-refractivity contribution is -0.146. The number of aromatic hydroxyl groups is 1.